The topological polar surface area (TPSA) is 3.01 Å². The second-order valence-corrected chi connectivity index (χ2v) is 4.06. The van der Waals surface area contributed by atoms with Crippen LogP contribution in [0.2, 0.25) is 0 Å². The van der Waals surface area contributed by atoms with Crippen LogP contribution >= 0.6 is 0 Å². The normalized spacial score (nSPS) is 51.0. The van der Waals surface area contributed by atoms with Gasteiger partial charge in [0.2, 0.25) is 0 Å². The minimum atomic E-state index is 0.528. The van der Waals surface area contributed by atoms with Gasteiger partial charge in [-0.3, -0.25) is 4.90 Å². The van der Waals surface area contributed by atoms with Gasteiger partial charge in [-0.15, -0.1) is 0 Å². The molecule has 1 saturated heterocycles. The molecule has 2 bridgehead atoms. The lowest BCUT2D eigenvalue weighted by molar-refractivity contribution is 0.495. The Kier molecular flexibility index (Phi) is 0.587. The third-order valence-electron chi connectivity index (χ3n) is 3.55. The highest BCUT2D eigenvalue weighted by Gasteiger charge is 2.64. The van der Waals surface area contributed by atoms with Crippen molar-refractivity contribution < 1.29 is 0 Å². The first-order chi connectivity index (χ1) is 5.79. The summed E-state index contributed by atoms with van der Waals surface area (Å²) in [5, 5.41) is 0. The maximum absolute atomic E-state index is 4.12. The molecular formula is C11H9N. The van der Waals surface area contributed by atoms with Crippen LogP contribution in [0.1, 0.15) is 0 Å². The minimum Gasteiger partial charge on any atom is -0.275 e. The second-order valence-electron chi connectivity index (χ2n) is 4.06. The summed E-state index contributed by atoms with van der Waals surface area (Å²) >= 11 is 0. The molecular weight excluding hydrogens is 146 g/mol. The van der Waals surface area contributed by atoms with Crippen LogP contribution in [0.25, 0.3) is 0 Å². The number of piperidine rings is 1. The van der Waals surface area contributed by atoms with Gasteiger partial charge in [-0.25, -0.2) is 0 Å². The van der Waals surface area contributed by atoms with E-state index in [2.05, 4.69) is 30.2 Å². The van der Waals surface area contributed by atoms with Crippen molar-refractivity contribution >= 4 is 0 Å². The van der Waals surface area contributed by atoms with Gasteiger partial charge in [-0.05, 0) is 22.3 Å². The number of hydrogen-bond acceptors (Lipinski definition) is 1. The number of nitrogens with zero attached hydrogens (tertiary/aromatic N) is 1. The van der Waals surface area contributed by atoms with Gasteiger partial charge >= 0.3 is 0 Å². The van der Waals surface area contributed by atoms with Gasteiger partial charge < -0.3 is 0 Å². The molecule has 2 aliphatic heterocycles. The monoisotopic (exact) mass is 155 g/mol. The molecule has 0 amide bonds. The summed E-state index contributed by atoms with van der Waals surface area (Å²) in [6, 6.07) is 1.87. The smallest absolute Gasteiger partial charge is 0.0565 e. The van der Waals surface area contributed by atoms with Crippen molar-refractivity contribution in [2.24, 2.45) is 0 Å². The van der Waals surface area contributed by atoms with Gasteiger partial charge in [0.25, 0.3) is 0 Å². The van der Waals surface area contributed by atoms with Gasteiger partial charge in [0, 0.05) is 0 Å². The van der Waals surface area contributed by atoms with E-state index in [0.717, 1.165) is 0 Å². The SMILES string of the molecule is C=C1C2=CC(=C)C3C4C2=CC1N34. The molecule has 0 aromatic heterocycles. The van der Waals surface area contributed by atoms with Crippen molar-refractivity contribution in [3.8, 4) is 0 Å². The highest BCUT2D eigenvalue weighted by molar-refractivity contribution is 5.73. The molecule has 0 aromatic rings. The first-order valence-corrected chi connectivity index (χ1v) is 4.38. The highest BCUT2D eigenvalue weighted by atomic mass is 15.4. The van der Waals surface area contributed by atoms with Crippen LogP contribution in [-0.4, -0.2) is 23.0 Å². The number of fused-ring (bicyclic) bond motifs is 3. The molecule has 4 rings (SSSR count). The van der Waals surface area contributed by atoms with Crippen LogP contribution in [0, 0.1) is 0 Å². The molecule has 0 saturated carbocycles. The molecule has 2 heterocycles. The Bertz CT molecular complexity index is 407. The standard InChI is InChI=1S/C11H9N/c1-5-3-7-6(2)9-4-8(7)11-10(5)12(9)11/h3-4,9-11H,1-2H2. The Balaban J connectivity index is 2.11. The van der Waals surface area contributed by atoms with Crippen LogP contribution < -0.4 is 0 Å². The van der Waals surface area contributed by atoms with E-state index < -0.39 is 0 Å². The predicted octanol–water partition coefficient (Wildman–Crippen LogP) is 1.41. The van der Waals surface area contributed by atoms with E-state index in [-0.39, 0.29) is 0 Å². The molecule has 12 heavy (non-hydrogen) atoms. The molecule has 0 spiro atoms. The summed E-state index contributed by atoms with van der Waals surface area (Å²) in [5.41, 5.74) is 5.50. The van der Waals surface area contributed by atoms with Gasteiger partial charge in [-0.1, -0.05) is 25.3 Å². The van der Waals surface area contributed by atoms with E-state index in [1.54, 1.807) is 0 Å². The van der Waals surface area contributed by atoms with Gasteiger partial charge in [0.05, 0.1) is 18.1 Å². The lowest BCUT2D eigenvalue weighted by atomic mass is 9.91. The molecule has 0 aromatic carbocycles. The molecule has 4 unspecified atom stereocenters. The first kappa shape index (κ1) is 5.55. The van der Waals surface area contributed by atoms with E-state index in [9.17, 15) is 0 Å². The van der Waals surface area contributed by atoms with Crippen LogP contribution in [-0.2, 0) is 0 Å². The maximum atomic E-state index is 4.12. The molecule has 0 radical (unpaired) electrons. The Morgan fingerprint density at radius 2 is 2.08 bits per heavy atom. The Hall–Kier alpha value is -1.08. The van der Waals surface area contributed by atoms with E-state index in [0.29, 0.717) is 18.1 Å². The zero-order chi connectivity index (χ0) is 8.03. The summed E-state index contributed by atoms with van der Waals surface area (Å²) in [7, 11) is 0. The first-order valence-electron chi connectivity index (χ1n) is 4.38. The van der Waals surface area contributed by atoms with E-state index in [1.807, 2.05) is 0 Å². The highest BCUT2D eigenvalue weighted by Crippen LogP contribution is 2.60. The van der Waals surface area contributed by atoms with Gasteiger partial charge in [0.1, 0.15) is 0 Å². The summed E-state index contributed by atoms with van der Waals surface area (Å²) in [4.78, 5) is 2.51. The van der Waals surface area contributed by atoms with E-state index in [1.165, 1.54) is 22.3 Å². The quantitative estimate of drug-likeness (QED) is 0.478. The van der Waals surface area contributed by atoms with Crippen LogP contribution in [0.15, 0.2) is 47.6 Å². The molecule has 1 fully saturated rings. The van der Waals surface area contributed by atoms with Gasteiger partial charge in [-0.2, -0.15) is 0 Å². The van der Waals surface area contributed by atoms with E-state index >= 15 is 0 Å². The van der Waals surface area contributed by atoms with Gasteiger partial charge in [0.15, 0.2) is 0 Å². The van der Waals surface area contributed by atoms with Crippen molar-refractivity contribution in [1.29, 1.82) is 0 Å². The lowest BCUT2D eigenvalue weighted by Crippen LogP contribution is -2.18. The van der Waals surface area contributed by atoms with Crippen molar-refractivity contribution in [2.75, 3.05) is 0 Å². The van der Waals surface area contributed by atoms with Crippen LogP contribution in [0.3, 0.4) is 0 Å². The zero-order valence-electron chi connectivity index (χ0n) is 6.75. The summed E-state index contributed by atoms with van der Waals surface area (Å²) in [6.07, 6.45) is 4.59. The third kappa shape index (κ3) is 0.334. The average Bonchev–Trinajstić information content (AvgIpc) is 2.60. The molecule has 2 aliphatic carbocycles. The number of hydrogen-bond donors (Lipinski definition) is 0. The number of rotatable bonds is 0. The Labute approximate surface area is 71.4 Å². The Morgan fingerprint density at radius 1 is 1.25 bits per heavy atom. The van der Waals surface area contributed by atoms with E-state index in [4.69, 9.17) is 0 Å². The molecule has 4 atom stereocenters. The molecule has 1 nitrogen and oxygen atoms in total. The molecule has 0 N–H and O–H groups in total. The fraction of sp³-hybridized carbons (Fsp3) is 0.273. The van der Waals surface area contributed by atoms with Crippen molar-refractivity contribution in [3.05, 3.63) is 47.6 Å². The second kappa shape index (κ2) is 1.27. The fourth-order valence-corrected chi connectivity index (χ4v) is 2.99. The fourth-order valence-electron chi connectivity index (χ4n) is 2.99. The zero-order valence-corrected chi connectivity index (χ0v) is 6.75. The summed E-state index contributed by atoms with van der Waals surface area (Å²) < 4.78 is 0. The minimum absolute atomic E-state index is 0.528. The molecule has 1 heteroatoms. The van der Waals surface area contributed by atoms with Crippen molar-refractivity contribution in [3.63, 3.8) is 0 Å². The van der Waals surface area contributed by atoms with Crippen LogP contribution in [0.4, 0.5) is 0 Å². The average molecular weight is 155 g/mol. The maximum Gasteiger partial charge on any atom is 0.0565 e. The summed E-state index contributed by atoms with van der Waals surface area (Å²) in [6.45, 7) is 8.20. The largest absolute Gasteiger partial charge is 0.275 e. The molecule has 58 valence electrons. The lowest BCUT2D eigenvalue weighted by Gasteiger charge is -2.16. The van der Waals surface area contributed by atoms with Crippen molar-refractivity contribution in [2.45, 2.75) is 18.1 Å². The Morgan fingerprint density at radius 3 is 2.92 bits per heavy atom. The summed E-state index contributed by atoms with van der Waals surface area (Å²) in [5.74, 6) is 0. The predicted molar refractivity (Wildman–Crippen MR) is 47.6 cm³/mol. The van der Waals surface area contributed by atoms with Crippen molar-refractivity contribution in [1.82, 2.24) is 4.90 Å². The third-order valence-corrected chi connectivity index (χ3v) is 3.55. The van der Waals surface area contributed by atoms with Crippen LogP contribution in [0.5, 0.6) is 0 Å². The molecule has 4 aliphatic rings.